The summed E-state index contributed by atoms with van der Waals surface area (Å²) in [6.07, 6.45) is 15.3. The summed E-state index contributed by atoms with van der Waals surface area (Å²) in [4.78, 5) is 11.1. The summed E-state index contributed by atoms with van der Waals surface area (Å²) in [5, 5.41) is 0. The summed E-state index contributed by atoms with van der Waals surface area (Å²) in [7, 11) is 7.94. The van der Waals surface area contributed by atoms with Gasteiger partial charge in [-0.2, -0.15) is 0 Å². The summed E-state index contributed by atoms with van der Waals surface area (Å²) in [6, 6.07) is 0.981. The van der Waals surface area contributed by atoms with Crippen LogP contribution in [0, 0.1) is 23.7 Å². The fourth-order valence-corrected chi connectivity index (χ4v) is 7.13. The van der Waals surface area contributed by atoms with Gasteiger partial charge in [-0.1, -0.05) is 66.2 Å². The van der Waals surface area contributed by atoms with Gasteiger partial charge in [-0.05, 0) is 88.8 Å². The first kappa shape index (κ1) is 34.6. The Morgan fingerprint density at radius 3 is 1.53 bits per heavy atom. The summed E-state index contributed by atoms with van der Waals surface area (Å²) in [5.74, 6) is 2.98. The van der Waals surface area contributed by atoms with E-state index in [1.807, 2.05) is 0 Å². The van der Waals surface area contributed by atoms with Crippen molar-refractivity contribution in [1.29, 1.82) is 0 Å². The van der Waals surface area contributed by atoms with Crippen molar-refractivity contribution >= 4 is 40.1 Å². The van der Waals surface area contributed by atoms with E-state index in [1.54, 1.807) is 0 Å². The van der Waals surface area contributed by atoms with Crippen LogP contribution in [-0.4, -0.2) is 38.4 Å². The molecule has 4 unspecified atom stereocenters. The predicted molar refractivity (Wildman–Crippen MR) is 161 cm³/mol. The Kier molecular flexibility index (Phi) is 18.1. The molecule has 3 nitrogen and oxygen atoms in total. The van der Waals surface area contributed by atoms with Gasteiger partial charge in [0.25, 0.3) is 0 Å². The van der Waals surface area contributed by atoms with E-state index >= 15 is 0 Å². The van der Waals surface area contributed by atoms with Crippen LogP contribution < -0.4 is 0 Å². The third-order valence-corrected chi connectivity index (χ3v) is 9.56. The molecule has 0 amide bonds. The second-order valence-corrected chi connectivity index (χ2v) is 18.1. The number of rotatable bonds is 12. The zero-order chi connectivity index (χ0) is 27.1. The van der Waals surface area contributed by atoms with Gasteiger partial charge in [0.1, 0.15) is 0 Å². The van der Waals surface area contributed by atoms with Crippen molar-refractivity contribution in [2.75, 3.05) is 6.61 Å². The molecule has 216 valence electrons. The maximum atomic E-state index is 6.20. The molecule has 0 aromatic heterocycles. The second kappa shape index (κ2) is 18.8. The first-order valence-corrected chi connectivity index (χ1v) is 20.9. The van der Waals surface area contributed by atoms with Gasteiger partial charge in [0.05, 0.1) is 23.5 Å². The number of hydrogen-bond donors (Lipinski definition) is 0. The molecule has 2 aliphatic rings. The molecule has 7 heteroatoms. The summed E-state index contributed by atoms with van der Waals surface area (Å²) in [5.41, 5.74) is 2.54. The molecule has 2 saturated carbocycles. The molecular weight excluding hydrogens is 550 g/mol. The van der Waals surface area contributed by atoms with E-state index in [9.17, 15) is 0 Å². The van der Waals surface area contributed by atoms with Crippen LogP contribution in [0.1, 0.15) is 112 Å². The zero-order valence-electron chi connectivity index (χ0n) is 24.5. The monoisotopic (exact) mass is 604 g/mol. The van der Waals surface area contributed by atoms with Gasteiger partial charge in [0, 0.05) is 6.61 Å². The fraction of sp³-hybridized carbons (Fsp3) is 0.931. The summed E-state index contributed by atoms with van der Waals surface area (Å²) < 4.78 is 6.20. The van der Waals surface area contributed by atoms with Crippen LogP contribution in [0.25, 0.3) is 0 Å². The van der Waals surface area contributed by atoms with Gasteiger partial charge in [-0.25, -0.2) is 0 Å². The average Bonchev–Trinajstić information content (AvgIpc) is 2.85. The molecule has 0 N–H and O–H groups in total. The van der Waals surface area contributed by atoms with Gasteiger partial charge < -0.3 is 4.43 Å². The summed E-state index contributed by atoms with van der Waals surface area (Å²) >= 11 is 0.569. The second-order valence-electron chi connectivity index (χ2n) is 11.9. The topological polar surface area (TPSA) is 34.0 Å². The molecule has 0 spiro atoms. The molecular formula is C29H56Cl2N2NiOSi. The van der Waals surface area contributed by atoms with Crippen molar-refractivity contribution in [2.24, 2.45) is 33.7 Å². The normalized spacial score (nSPS) is 30.2. The SMILES string of the molecule is CCC1CCCC(CC)C1N=C(C)C(CCCO[Si](C)(C)C)=NC1C(CC)CCCC1CC.[Cl][Ni][Cl]. The molecule has 0 aromatic carbocycles. The number of nitrogens with zero attached hydrogens (tertiary/aromatic N) is 2. The van der Waals surface area contributed by atoms with Gasteiger partial charge in [0.2, 0.25) is 0 Å². The van der Waals surface area contributed by atoms with Gasteiger partial charge in [-0.3, -0.25) is 9.98 Å². The minimum absolute atomic E-state index is 0.488. The van der Waals surface area contributed by atoms with Crippen molar-refractivity contribution in [3.8, 4) is 0 Å². The van der Waals surface area contributed by atoms with E-state index in [4.69, 9.17) is 34.8 Å². The molecule has 36 heavy (non-hydrogen) atoms. The van der Waals surface area contributed by atoms with Crippen molar-refractivity contribution in [1.82, 2.24) is 0 Å². The summed E-state index contributed by atoms with van der Waals surface area (Å²) in [6.45, 7) is 19.5. The van der Waals surface area contributed by atoms with E-state index in [0.717, 1.165) is 43.1 Å². The minimum atomic E-state index is -1.47. The van der Waals surface area contributed by atoms with Gasteiger partial charge in [-0.15, -0.1) is 0 Å². The van der Waals surface area contributed by atoms with Crippen LogP contribution in [0.15, 0.2) is 9.98 Å². The van der Waals surface area contributed by atoms with Crippen molar-refractivity contribution < 1.29 is 17.1 Å². The molecule has 0 heterocycles. The first-order valence-electron chi connectivity index (χ1n) is 14.7. The number of aliphatic imine (C=N–C) groups is 2. The Morgan fingerprint density at radius 1 is 0.778 bits per heavy atom. The van der Waals surface area contributed by atoms with Crippen LogP contribution in [0.2, 0.25) is 19.6 Å². The zero-order valence-corrected chi connectivity index (χ0v) is 28.0. The molecule has 0 radical (unpaired) electrons. The third kappa shape index (κ3) is 12.2. The van der Waals surface area contributed by atoms with Crippen LogP contribution in [0.5, 0.6) is 0 Å². The molecule has 0 saturated heterocycles. The van der Waals surface area contributed by atoms with Gasteiger partial charge in [0.15, 0.2) is 8.32 Å². The quantitative estimate of drug-likeness (QED) is 0.124. The number of hydrogen-bond acceptors (Lipinski definition) is 3. The maximum absolute atomic E-state index is 6.20. The van der Waals surface area contributed by atoms with E-state index in [1.165, 1.54) is 75.6 Å². The van der Waals surface area contributed by atoms with Crippen molar-refractivity contribution in [3.05, 3.63) is 0 Å². The molecule has 4 atom stereocenters. The Bertz CT molecular complexity index is 632. The standard InChI is InChI=1S/C29H56N2OSi.2ClH.Ni/c1-9-23-16-13-17-24(10-2)28(23)30-22(5)27(20-15-21-32-33(6,7)8)31-29-25(11-3)18-14-19-26(29)12-4;;;/h23-26,28-29H,9-21H2,1-8H3;2*1H;/q;;;+2/p-2. The van der Waals surface area contributed by atoms with E-state index < -0.39 is 8.32 Å². The molecule has 0 bridgehead atoms. The van der Waals surface area contributed by atoms with Crippen LogP contribution >= 0.6 is 20.4 Å². The Morgan fingerprint density at radius 2 is 1.17 bits per heavy atom. The molecule has 0 aliphatic heterocycles. The van der Waals surface area contributed by atoms with E-state index in [0.29, 0.717) is 24.7 Å². The van der Waals surface area contributed by atoms with Crippen LogP contribution in [0.3, 0.4) is 0 Å². The molecule has 2 aliphatic carbocycles. The first-order chi connectivity index (χ1) is 17.1. The van der Waals surface area contributed by atoms with Crippen molar-refractivity contribution in [3.63, 3.8) is 0 Å². The fourth-order valence-electron chi connectivity index (χ4n) is 6.38. The van der Waals surface area contributed by atoms with E-state index in [-0.39, 0.29) is 0 Å². The van der Waals surface area contributed by atoms with Crippen LogP contribution in [-0.2, 0) is 17.1 Å². The Balaban J connectivity index is 0.00000205. The van der Waals surface area contributed by atoms with Crippen LogP contribution in [0.4, 0.5) is 0 Å². The molecule has 0 aromatic rings. The third-order valence-electron chi connectivity index (χ3n) is 8.49. The Hall–Kier alpha value is 0.590. The average molecular weight is 606 g/mol. The number of halogens is 2. The predicted octanol–water partition coefficient (Wildman–Crippen LogP) is 10.1. The molecule has 2 rings (SSSR count). The van der Waals surface area contributed by atoms with Gasteiger partial charge >= 0.3 is 33.0 Å². The van der Waals surface area contributed by atoms with Crippen molar-refractivity contribution in [2.45, 2.75) is 143 Å². The molecule has 2 fully saturated rings. The Labute approximate surface area is 239 Å². The van der Waals surface area contributed by atoms with E-state index in [2.05, 4.69) is 54.3 Å².